The number of hydrogen-bond acceptors (Lipinski definition) is 4. The number of halogens is 2. The summed E-state index contributed by atoms with van der Waals surface area (Å²) < 4.78 is 29.7. The Bertz CT molecular complexity index is 565. The fourth-order valence-corrected chi connectivity index (χ4v) is 3.11. The molecule has 0 bridgehead atoms. The van der Waals surface area contributed by atoms with Gasteiger partial charge in [-0.15, -0.1) is 0 Å². The number of benzene rings is 1. The van der Waals surface area contributed by atoms with Crippen molar-refractivity contribution in [2.24, 2.45) is 0 Å². The van der Waals surface area contributed by atoms with Gasteiger partial charge in [0.25, 0.3) is 5.91 Å². The normalized spacial score (nSPS) is 22.3. The van der Waals surface area contributed by atoms with Gasteiger partial charge in [0.1, 0.15) is 11.6 Å². The largest absolute Gasteiger partial charge is 0.484 e. The van der Waals surface area contributed by atoms with Crippen LogP contribution in [0.4, 0.5) is 4.39 Å². The lowest BCUT2D eigenvalue weighted by Crippen LogP contribution is -2.51. The molecule has 0 N–H and O–H groups in total. The summed E-state index contributed by atoms with van der Waals surface area (Å²) in [6.07, 6.45) is 2.52. The van der Waals surface area contributed by atoms with Crippen molar-refractivity contribution in [3.63, 3.8) is 0 Å². The molecule has 0 aliphatic carbocycles. The van der Waals surface area contributed by atoms with Crippen molar-refractivity contribution in [2.75, 3.05) is 26.4 Å². The number of carbonyl (C=O) groups is 1. The highest BCUT2D eigenvalue weighted by Crippen LogP contribution is 2.25. The van der Waals surface area contributed by atoms with E-state index in [1.165, 1.54) is 18.2 Å². The highest BCUT2D eigenvalue weighted by molar-refractivity contribution is 6.30. The number of rotatable bonds is 4. The van der Waals surface area contributed by atoms with Crippen molar-refractivity contribution < 1.29 is 23.4 Å². The quantitative estimate of drug-likeness (QED) is 0.843. The van der Waals surface area contributed by atoms with E-state index in [4.69, 9.17) is 25.8 Å². The Balaban J connectivity index is 1.60. The zero-order chi connectivity index (χ0) is 16.2. The number of carbonyl (C=O) groups excluding carboxylic acids is 1. The van der Waals surface area contributed by atoms with Gasteiger partial charge in [-0.05, 0) is 31.4 Å². The Morgan fingerprint density at radius 1 is 1.35 bits per heavy atom. The van der Waals surface area contributed by atoms with E-state index in [0.717, 1.165) is 19.3 Å². The van der Waals surface area contributed by atoms with Crippen LogP contribution in [0.3, 0.4) is 0 Å². The first-order valence-corrected chi connectivity index (χ1v) is 8.13. The maximum absolute atomic E-state index is 13.1. The van der Waals surface area contributed by atoms with E-state index in [2.05, 4.69) is 0 Å². The van der Waals surface area contributed by atoms with Gasteiger partial charge in [-0.3, -0.25) is 4.79 Å². The Kier molecular flexibility index (Phi) is 5.35. The zero-order valence-electron chi connectivity index (χ0n) is 12.7. The number of piperidine rings is 1. The smallest absolute Gasteiger partial charge is 0.260 e. The van der Waals surface area contributed by atoms with Gasteiger partial charge in [-0.1, -0.05) is 11.6 Å². The molecule has 0 saturated carbocycles. The molecule has 2 aliphatic rings. The summed E-state index contributed by atoms with van der Waals surface area (Å²) in [5, 5.41) is -0.0291. The summed E-state index contributed by atoms with van der Waals surface area (Å²) in [4.78, 5) is 14.2. The lowest BCUT2D eigenvalue weighted by molar-refractivity contribution is -0.152. The van der Waals surface area contributed by atoms with Crippen molar-refractivity contribution in [3.05, 3.63) is 29.0 Å². The summed E-state index contributed by atoms with van der Waals surface area (Å²) in [7, 11) is 0. The molecule has 23 heavy (non-hydrogen) atoms. The topological polar surface area (TPSA) is 48.0 Å². The summed E-state index contributed by atoms with van der Waals surface area (Å²) in [5.41, 5.74) is 0. The maximum atomic E-state index is 13.1. The molecule has 1 unspecified atom stereocenters. The third-order valence-electron chi connectivity index (χ3n) is 4.08. The second kappa shape index (κ2) is 7.47. The van der Waals surface area contributed by atoms with Gasteiger partial charge < -0.3 is 19.1 Å². The average molecular weight is 344 g/mol. The Hall–Kier alpha value is -1.37. The number of nitrogens with zero attached hydrogens (tertiary/aromatic N) is 1. The van der Waals surface area contributed by atoms with Gasteiger partial charge in [0, 0.05) is 12.6 Å². The predicted octanol–water partition coefficient (Wildman–Crippen LogP) is 2.61. The van der Waals surface area contributed by atoms with E-state index >= 15 is 0 Å². The summed E-state index contributed by atoms with van der Waals surface area (Å²) >= 11 is 5.70. The van der Waals surface area contributed by atoms with Crippen LogP contribution in [0.25, 0.3) is 0 Å². The van der Waals surface area contributed by atoms with Crippen LogP contribution in [0.5, 0.6) is 5.75 Å². The van der Waals surface area contributed by atoms with Gasteiger partial charge in [0.15, 0.2) is 12.9 Å². The SMILES string of the molecule is O=C(COc1ccc(F)c(Cl)c1)N1CCCCC1C1OCCO1. The van der Waals surface area contributed by atoms with Crippen LogP contribution in [0.1, 0.15) is 19.3 Å². The van der Waals surface area contributed by atoms with E-state index in [9.17, 15) is 9.18 Å². The van der Waals surface area contributed by atoms with Gasteiger partial charge in [-0.2, -0.15) is 0 Å². The number of likely N-dealkylation sites (tertiary alicyclic amines) is 1. The fourth-order valence-electron chi connectivity index (χ4n) is 2.94. The minimum Gasteiger partial charge on any atom is -0.484 e. The van der Waals surface area contributed by atoms with E-state index in [1.54, 1.807) is 4.90 Å². The van der Waals surface area contributed by atoms with Gasteiger partial charge in [-0.25, -0.2) is 4.39 Å². The summed E-state index contributed by atoms with van der Waals surface area (Å²) in [6.45, 7) is 1.67. The number of ether oxygens (including phenoxy) is 3. The average Bonchev–Trinajstić information content (AvgIpc) is 3.10. The second-order valence-electron chi connectivity index (χ2n) is 5.62. The fraction of sp³-hybridized carbons (Fsp3) is 0.562. The summed E-state index contributed by atoms with van der Waals surface area (Å²) in [6, 6.07) is 3.96. The van der Waals surface area contributed by atoms with Crippen molar-refractivity contribution in [2.45, 2.75) is 31.6 Å². The Morgan fingerprint density at radius 2 is 2.13 bits per heavy atom. The molecule has 1 aromatic carbocycles. The molecule has 126 valence electrons. The van der Waals surface area contributed by atoms with Crippen LogP contribution in [-0.4, -0.2) is 49.5 Å². The summed E-state index contributed by atoms with van der Waals surface area (Å²) in [5.74, 6) is -0.280. The molecule has 2 heterocycles. The molecule has 1 atom stereocenters. The minimum absolute atomic E-state index is 0.0291. The second-order valence-corrected chi connectivity index (χ2v) is 6.03. The highest BCUT2D eigenvalue weighted by atomic mass is 35.5. The first-order chi connectivity index (χ1) is 11.1. The Labute approximate surface area is 139 Å². The molecule has 0 radical (unpaired) electrons. The molecular weight excluding hydrogens is 325 g/mol. The first kappa shape index (κ1) is 16.5. The molecule has 2 fully saturated rings. The molecule has 0 spiro atoms. The molecule has 1 amide bonds. The van der Waals surface area contributed by atoms with Crippen LogP contribution in [0.2, 0.25) is 5.02 Å². The molecule has 2 saturated heterocycles. The molecular formula is C16H19ClFNO4. The van der Waals surface area contributed by atoms with E-state index in [-0.39, 0.29) is 29.9 Å². The van der Waals surface area contributed by atoms with E-state index in [1.807, 2.05) is 0 Å². The molecule has 1 aromatic rings. The highest BCUT2D eigenvalue weighted by Gasteiger charge is 2.36. The lowest BCUT2D eigenvalue weighted by Gasteiger charge is -2.37. The third kappa shape index (κ3) is 3.94. The van der Waals surface area contributed by atoms with Gasteiger partial charge >= 0.3 is 0 Å². The molecule has 0 aromatic heterocycles. The van der Waals surface area contributed by atoms with Crippen LogP contribution < -0.4 is 4.74 Å². The van der Waals surface area contributed by atoms with Gasteiger partial charge in [0.05, 0.1) is 24.3 Å². The maximum Gasteiger partial charge on any atom is 0.260 e. The molecule has 2 aliphatic heterocycles. The van der Waals surface area contributed by atoms with Crippen LogP contribution in [0.15, 0.2) is 18.2 Å². The van der Waals surface area contributed by atoms with Crippen LogP contribution >= 0.6 is 11.6 Å². The molecule has 7 heteroatoms. The van der Waals surface area contributed by atoms with Crippen molar-refractivity contribution >= 4 is 17.5 Å². The van der Waals surface area contributed by atoms with E-state index in [0.29, 0.717) is 25.5 Å². The lowest BCUT2D eigenvalue weighted by atomic mass is 10.0. The van der Waals surface area contributed by atoms with Gasteiger partial charge in [0.2, 0.25) is 0 Å². The standard InChI is InChI=1S/C16H19ClFNO4/c17-12-9-11(4-5-13(12)18)23-10-15(20)19-6-2-1-3-14(19)16-21-7-8-22-16/h4-5,9,14,16H,1-3,6-8,10H2. The van der Waals surface area contributed by atoms with Crippen LogP contribution in [-0.2, 0) is 14.3 Å². The monoisotopic (exact) mass is 343 g/mol. The minimum atomic E-state index is -0.517. The van der Waals surface area contributed by atoms with Crippen molar-refractivity contribution in [1.82, 2.24) is 4.90 Å². The number of hydrogen-bond donors (Lipinski definition) is 0. The zero-order valence-corrected chi connectivity index (χ0v) is 13.4. The third-order valence-corrected chi connectivity index (χ3v) is 4.37. The van der Waals surface area contributed by atoms with Crippen molar-refractivity contribution in [1.29, 1.82) is 0 Å². The van der Waals surface area contributed by atoms with Crippen molar-refractivity contribution in [3.8, 4) is 5.75 Å². The number of amides is 1. The van der Waals surface area contributed by atoms with Crippen LogP contribution in [0, 0.1) is 5.82 Å². The Morgan fingerprint density at radius 3 is 2.87 bits per heavy atom. The molecule has 3 rings (SSSR count). The predicted molar refractivity (Wildman–Crippen MR) is 81.9 cm³/mol. The van der Waals surface area contributed by atoms with E-state index < -0.39 is 5.82 Å². The first-order valence-electron chi connectivity index (χ1n) is 7.75. The molecule has 5 nitrogen and oxygen atoms in total.